The highest BCUT2D eigenvalue weighted by Crippen LogP contribution is 2.03. The molecule has 0 unspecified atom stereocenters. The minimum Gasteiger partial charge on any atom is -0.270 e. The predicted molar refractivity (Wildman–Crippen MR) is 53.3 cm³/mol. The predicted octanol–water partition coefficient (Wildman–Crippen LogP) is 3.05. The molecule has 0 spiro atoms. The molecule has 0 saturated carbocycles. The zero-order valence-electron chi connectivity index (χ0n) is 8.83. The summed E-state index contributed by atoms with van der Waals surface area (Å²) in [6.45, 7) is 10.4. The van der Waals surface area contributed by atoms with Gasteiger partial charge in [0.05, 0.1) is 5.69 Å². The van der Waals surface area contributed by atoms with Crippen LogP contribution in [0.3, 0.4) is 0 Å². The molecule has 0 fully saturated rings. The minimum atomic E-state index is 0.486. The molecule has 1 rings (SSSR count). The lowest BCUT2D eigenvalue weighted by atomic mass is 10.3. The average molecular weight is 168 g/mol. The summed E-state index contributed by atoms with van der Waals surface area (Å²) >= 11 is 0. The van der Waals surface area contributed by atoms with Crippen molar-refractivity contribution in [3.8, 4) is 0 Å². The summed E-state index contributed by atoms with van der Waals surface area (Å²) < 4.78 is 1.98. The third-order valence-corrected chi connectivity index (χ3v) is 1.55. The van der Waals surface area contributed by atoms with E-state index in [2.05, 4.69) is 31.9 Å². The van der Waals surface area contributed by atoms with Crippen molar-refractivity contribution in [1.82, 2.24) is 9.78 Å². The number of rotatable bonds is 2. The van der Waals surface area contributed by atoms with Gasteiger partial charge in [-0.15, -0.1) is 0 Å². The Labute approximate surface area is 75.6 Å². The van der Waals surface area contributed by atoms with E-state index in [1.54, 1.807) is 0 Å². The van der Waals surface area contributed by atoms with Gasteiger partial charge in [0, 0.05) is 12.2 Å². The quantitative estimate of drug-likeness (QED) is 0.663. The summed E-state index contributed by atoms with van der Waals surface area (Å²) in [7, 11) is 0. The normalized spacial score (nSPS) is 9.50. The lowest BCUT2D eigenvalue weighted by Gasteiger charge is -2.02. The van der Waals surface area contributed by atoms with Gasteiger partial charge in [-0.25, -0.2) is 0 Å². The summed E-state index contributed by atoms with van der Waals surface area (Å²) in [6, 6.07) is 2.56. The number of hydrogen-bond donors (Lipinski definition) is 0. The lowest BCUT2D eigenvalue weighted by Crippen LogP contribution is -2.01. The molecular weight excluding hydrogens is 148 g/mol. The fraction of sp³-hybridized carbons (Fsp3) is 0.700. The summed E-state index contributed by atoms with van der Waals surface area (Å²) in [5.41, 5.74) is 1.17. The van der Waals surface area contributed by atoms with Crippen LogP contribution in [0.1, 0.15) is 46.4 Å². The fourth-order valence-electron chi connectivity index (χ4n) is 0.854. The molecule has 0 aliphatic rings. The standard InChI is InChI=1S/C8H14N2.C2H6/c1-4-8-5-6-10(9-8)7(2)3;1-2/h5-7H,4H2,1-3H3;1-2H3. The van der Waals surface area contributed by atoms with Crippen molar-refractivity contribution < 1.29 is 0 Å². The zero-order valence-corrected chi connectivity index (χ0v) is 8.83. The van der Waals surface area contributed by atoms with Gasteiger partial charge in [0.25, 0.3) is 0 Å². The molecule has 70 valence electrons. The number of hydrogen-bond acceptors (Lipinski definition) is 1. The van der Waals surface area contributed by atoms with Gasteiger partial charge in [0.1, 0.15) is 0 Å². The Bertz CT molecular complexity index is 201. The molecule has 2 heteroatoms. The van der Waals surface area contributed by atoms with Gasteiger partial charge in [-0.2, -0.15) is 5.10 Å². The minimum absolute atomic E-state index is 0.486. The van der Waals surface area contributed by atoms with Crippen LogP contribution in [0.25, 0.3) is 0 Å². The molecule has 12 heavy (non-hydrogen) atoms. The highest BCUT2D eigenvalue weighted by Gasteiger charge is 1.98. The highest BCUT2D eigenvalue weighted by atomic mass is 15.3. The molecule has 0 aromatic carbocycles. The first kappa shape index (κ1) is 11.2. The monoisotopic (exact) mass is 168 g/mol. The second kappa shape index (κ2) is 5.81. The van der Waals surface area contributed by atoms with Gasteiger partial charge in [0.15, 0.2) is 0 Å². The molecule has 0 bridgehead atoms. The second-order valence-electron chi connectivity index (χ2n) is 2.73. The average Bonchev–Trinajstić information content (AvgIpc) is 2.55. The first-order chi connectivity index (χ1) is 5.74. The summed E-state index contributed by atoms with van der Waals surface area (Å²) in [6.07, 6.45) is 3.06. The molecule has 1 heterocycles. The van der Waals surface area contributed by atoms with Crippen LogP contribution in [0.15, 0.2) is 12.3 Å². The number of aryl methyl sites for hydroxylation is 1. The van der Waals surface area contributed by atoms with E-state index in [-0.39, 0.29) is 0 Å². The van der Waals surface area contributed by atoms with Crippen molar-refractivity contribution in [3.63, 3.8) is 0 Å². The molecule has 2 nitrogen and oxygen atoms in total. The van der Waals surface area contributed by atoms with Crippen LogP contribution in [-0.4, -0.2) is 9.78 Å². The Morgan fingerprint density at radius 1 is 1.42 bits per heavy atom. The van der Waals surface area contributed by atoms with Crippen molar-refractivity contribution in [3.05, 3.63) is 18.0 Å². The third kappa shape index (κ3) is 3.07. The maximum Gasteiger partial charge on any atom is 0.0621 e. The molecule has 0 saturated heterocycles. The van der Waals surface area contributed by atoms with Gasteiger partial charge in [-0.3, -0.25) is 4.68 Å². The molecule has 0 aliphatic heterocycles. The van der Waals surface area contributed by atoms with Crippen molar-refractivity contribution in [2.24, 2.45) is 0 Å². The molecule has 0 atom stereocenters. The van der Waals surface area contributed by atoms with E-state index in [1.165, 1.54) is 5.69 Å². The fourth-order valence-corrected chi connectivity index (χ4v) is 0.854. The highest BCUT2D eigenvalue weighted by molar-refractivity contribution is 4.98. The van der Waals surface area contributed by atoms with Gasteiger partial charge in [-0.1, -0.05) is 20.8 Å². The van der Waals surface area contributed by atoms with E-state index in [1.807, 2.05) is 24.7 Å². The maximum absolute atomic E-state index is 4.34. The number of nitrogens with zero attached hydrogens (tertiary/aromatic N) is 2. The van der Waals surface area contributed by atoms with Crippen LogP contribution in [0.5, 0.6) is 0 Å². The smallest absolute Gasteiger partial charge is 0.0621 e. The molecule has 0 aliphatic carbocycles. The van der Waals surface area contributed by atoms with E-state index in [0.29, 0.717) is 6.04 Å². The summed E-state index contributed by atoms with van der Waals surface area (Å²) in [4.78, 5) is 0. The maximum atomic E-state index is 4.34. The van der Waals surface area contributed by atoms with Gasteiger partial charge in [-0.05, 0) is 26.3 Å². The lowest BCUT2D eigenvalue weighted by molar-refractivity contribution is 0.527. The van der Waals surface area contributed by atoms with Crippen LogP contribution in [0.2, 0.25) is 0 Å². The Morgan fingerprint density at radius 2 is 2.00 bits per heavy atom. The Morgan fingerprint density at radius 3 is 2.25 bits per heavy atom. The molecule has 1 aromatic heterocycles. The van der Waals surface area contributed by atoms with Crippen molar-refractivity contribution in [1.29, 1.82) is 0 Å². The Kier molecular flexibility index (Phi) is 5.43. The number of aromatic nitrogens is 2. The molecular formula is C10H20N2. The van der Waals surface area contributed by atoms with Gasteiger partial charge >= 0.3 is 0 Å². The van der Waals surface area contributed by atoms with E-state index >= 15 is 0 Å². The topological polar surface area (TPSA) is 17.8 Å². The molecule has 0 N–H and O–H groups in total. The SMILES string of the molecule is CC.CCc1ccn(C(C)C)n1. The third-order valence-electron chi connectivity index (χ3n) is 1.55. The Balaban J connectivity index is 0.000000561. The molecule has 0 amide bonds. The van der Waals surface area contributed by atoms with Crippen LogP contribution >= 0.6 is 0 Å². The van der Waals surface area contributed by atoms with E-state index < -0.39 is 0 Å². The van der Waals surface area contributed by atoms with E-state index in [9.17, 15) is 0 Å². The largest absolute Gasteiger partial charge is 0.270 e. The van der Waals surface area contributed by atoms with Crippen molar-refractivity contribution in [2.75, 3.05) is 0 Å². The Hall–Kier alpha value is -0.790. The first-order valence-electron chi connectivity index (χ1n) is 4.78. The first-order valence-corrected chi connectivity index (χ1v) is 4.78. The van der Waals surface area contributed by atoms with Crippen molar-refractivity contribution in [2.45, 2.75) is 47.1 Å². The molecule has 0 radical (unpaired) electrons. The van der Waals surface area contributed by atoms with Gasteiger partial charge in [0.2, 0.25) is 0 Å². The second-order valence-corrected chi connectivity index (χ2v) is 2.73. The molecule has 1 aromatic rings. The summed E-state index contributed by atoms with van der Waals surface area (Å²) in [5.74, 6) is 0. The van der Waals surface area contributed by atoms with Crippen LogP contribution in [-0.2, 0) is 6.42 Å². The van der Waals surface area contributed by atoms with Crippen LogP contribution in [0, 0.1) is 0 Å². The zero-order chi connectivity index (χ0) is 9.56. The summed E-state index contributed by atoms with van der Waals surface area (Å²) in [5, 5.41) is 4.34. The van der Waals surface area contributed by atoms with Crippen LogP contribution < -0.4 is 0 Å². The van der Waals surface area contributed by atoms with Crippen molar-refractivity contribution >= 4 is 0 Å². The van der Waals surface area contributed by atoms with Crippen LogP contribution in [0.4, 0.5) is 0 Å². The van der Waals surface area contributed by atoms with E-state index in [4.69, 9.17) is 0 Å². The van der Waals surface area contributed by atoms with Gasteiger partial charge < -0.3 is 0 Å². The van der Waals surface area contributed by atoms with E-state index in [0.717, 1.165) is 6.42 Å².